The summed E-state index contributed by atoms with van der Waals surface area (Å²) in [5.74, 6) is 0.954. The number of rotatable bonds is 9. The van der Waals surface area contributed by atoms with Crippen molar-refractivity contribution in [2.45, 2.75) is 64.6 Å². The number of ether oxygens (including phenoxy) is 3. The molecular weight excluding hydrogens is 516 g/mol. The number of hydrogen-bond donors (Lipinski definition) is 2. The molecule has 3 aliphatic rings. The smallest absolute Gasteiger partial charge is 0.416 e. The number of fused-ring (bicyclic) bond motifs is 1. The van der Waals surface area contributed by atoms with Gasteiger partial charge in [-0.1, -0.05) is 24.3 Å². The standard InChI is InChI=1S/C28H38N6O6/c1-19(17-39-24-5-3-4-14-38-24)34-25-23(18-40-28(34)37)15-29-26(31-25)30-20(2)22-8-6-21(7-9-22)16-32-10-12-33(13-11-32)27(35)36/h6-9,15,19-20,24H,3-5,10-14,16-18H2,1-2H3,(H,35,36)(H,29,30,31)/t19-,20+,24?/m1/s1. The van der Waals surface area contributed by atoms with E-state index in [1.807, 2.05) is 13.8 Å². The quantitative estimate of drug-likeness (QED) is 0.472. The van der Waals surface area contributed by atoms with E-state index in [1.54, 1.807) is 6.20 Å². The maximum absolute atomic E-state index is 12.7. The molecular formula is C28H38N6O6. The lowest BCUT2D eigenvalue weighted by atomic mass is 10.1. The van der Waals surface area contributed by atoms with Gasteiger partial charge in [0, 0.05) is 45.5 Å². The van der Waals surface area contributed by atoms with Crippen molar-refractivity contribution >= 4 is 24.0 Å². The molecule has 40 heavy (non-hydrogen) atoms. The molecule has 5 rings (SSSR count). The third-order valence-corrected chi connectivity index (χ3v) is 7.59. The van der Waals surface area contributed by atoms with Gasteiger partial charge in [-0.15, -0.1) is 0 Å². The molecule has 2 fully saturated rings. The number of piperazine rings is 1. The van der Waals surface area contributed by atoms with Gasteiger partial charge in [-0.05, 0) is 44.2 Å². The predicted molar refractivity (Wildman–Crippen MR) is 147 cm³/mol. The number of hydrogen-bond acceptors (Lipinski definition) is 9. The Hall–Kier alpha value is -3.48. The molecule has 3 aliphatic heterocycles. The summed E-state index contributed by atoms with van der Waals surface area (Å²) in [6.45, 7) is 8.39. The van der Waals surface area contributed by atoms with Crippen molar-refractivity contribution in [1.82, 2.24) is 19.8 Å². The zero-order valence-electron chi connectivity index (χ0n) is 23.1. The summed E-state index contributed by atoms with van der Waals surface area (Å²) in [7, 11) is 0. The summed E-state index contributed by atoms with van der Waals surface area (Å²) < 4.78 is 17.0. The van der Waals surface area contributed by atoms with Crippen LogP contribution in [0, 0.1) is 0 Å². The lowest BCUT2D eigenvalue weighted by Gasteiger charge is -2.33. The molecule has 12 nitrogen and oxygen atoms in total. The van der Waals surface area contributed by atoms with Gasteiger partial charge < -0.3 is 29.5 Å². The molecule has 0 radical (unpaired) electrons. The van der Waals surface area contributed by atoms with Crippen LogP contribution in [-0.2, 0) is 27.4 Å². The van der Waals surface area contributed by atoms with Gasteiger partial charge in [-0.2, -0.15) is 4.98 Å². The maximum atomic E-state index is 12.7. The van der Waals surface area contributed by atoms with Crippen molar-refractivity contribution in [1.29, 1.82) is 0 Å². The summed E-state index contributed by atoms with van der Waals surface area (Å²) in [6.07, 6.45) is 3.12. The average Bonchev–Trinajstić information content (AvgIpc) is 2.97. The van der Waals surface area contributed by atoms with Gasteiger partial charge in [-0.3, -0.25) is 9.80 Å². The summed E-state index contributed by atoms with van der Waals surface area (Å²) in [5.41, 5.74) is 2.99. The molecule has 4 heterocycles. The Morgan fingerprint density at radius 2 is 1.95 bits per heavy atom. The SMILES string of the molecule is C[C@H](Nc1ncc2c(n1)N([C@H](C)COC1CCCCO1)C(=O)OC2)c1ccc(CN2CCN(C(=O)O)CC2)cc1. The van der Waals surface area contributed by atoms with Crippen LogP contribution in [0.15, 0.2) is 30.5 Å². The Balaban J connectivity index is 1.19. The Morgan fingerprint density at radius 1 is 1.18 bits per heavy atom. The van der Waals surface area contributed by atoms with E-state index in [0.717, 1.165) is 50.0 Å². The summed E-state index contributed by atoms with van der Waals surface area (Å²) in [4.78, 5) is 38.3. The largest absolute Gasteiger partial charge is 0.465 e. The fourth-order valence-electron chi connectivity index (χ4n) is 5.17. The number of aromatic nitrogens is 2. The molecule has 0 saturated carbocycles. The van der Waals surface area contributed by atoms with Crippen LogP contribution in [0.3, 0.4) is 0 Å². The minimum atomic E-state index is -0.852. The number of cyclic esters (lactones) is 1. The summed E-state index contributed by atoms with van der Waals surface area (Å²) in [5, 5.41) is 12.5. The van der Waals surface area contributed by atoms with Gasteiger partial charge in [0.05, 0.1) is 24.3 Å². The van der Waals surface area contributed by atoms with Gasteiger partial charge in [0.1, 0.15) is 6.61 Å². The van der Waals surface area contributed by atoms with Gasteiger partial charge in [0.15, 0.2) is 12.1 Å². The monoisotopic (exact) mass is 554 g/mol. The molecule has 0 bridgehead atoms. The van der Waals surface area contributed by atoms with Crippen molar-refractivity contribution in [2.24, 2.45) is 0 Å². The third-order valence-electron chi connectivity index (χ3n) is 7.59. The van der Waals surface area contributed by atoms with Crippen molar-refractivity contribution in [3.05, 3.63) is 47.2 Å². The number of nitrogens with zero attached hydrogens (tertiary/aromatic N) is 5. The molecule has 1 aromatic carbocycles. The molecule has 3 atom stereocenters. The van der Waals surface area contributed by atoms with Gasteiger partial charge >= 0.3 is 12.2 Å². The molecule has 2 amide bonds. The molecule has 1 aromatic heterocycles. The minimum absolute atomic E-state index is 0.0700. The number of carbonyl (C=O) groups excluding carboxylic acids is 1. The molecule has 2 N–H and O–H groups in total. The highest BCUT2D eigenvalue weighted by atomic mass is 16.7. The highest BCUT2D eigenvalue weighted by Crippen LogP contribution is 2.29. The first kappa shape index (κ1) is 28.1. The molecule has 216 valence electrons. The number of nitrogens with one attached hydrogen (secondary N) is 1. The fraction of sp³-hybridized carbons (Fsp3) is 0.571. The minimum Gasteiger partial charge on any atom is -0.465 e. The van der Waals surface area contributed by atoms with E-state index in [1.165, 1.54) is 15.4 Å². The second-order valence-corrected chi connectivity index (χ2v) is 10.6. The topological polar surface area (TPSA) is 130 Å². The molecule has 2 saturated heterocycles. The first-order valence-corrected chi connectivity index (χ1v) is 14.0. The number of benzene rings is 1. The zero-order valence-corrected chi connectivity index (χ0v) is 23.1. The maximum Gasteiger partial charge on any atom is 0.416 e. The van der Waals surface area contributed by atoms with Crippen LogP contribution in [0.25, 0.3) is 0 Å². The van der Waals surface area contributed by atoms with Gasteiger partial charge in [0.25, 0.3) is 0 Å². The van der Waals surface area contributed by atoms with Crippen LogP contribution in [0.5, 0.6) is 0 Å². The van der Waals surface area contributed by atoms with Crippen LogP contribution in [-0.4, -0.2) is 88.8 Å². The predicted octanol–water partition coefficient (Wildman–Crippen LogP) is 3.83. The van der Waals surface area contributed by atoms with Crippen LogP contribution in [0.2, 0.25) is 0 Å². The summed E-state index contributed by atoms with van der Waals surface area (Å²) in [6, 6.07) is 7.99. The van der Waals surface area contributed by atoms with Crippen molar-refractivity contribution < 1.29 is 28.9 Å². The van der Waals surface area contributed by atoms with E-state index in [-0.39, 0.29) is 25.0 Å². The average molecular weight is 555 g/mol. The highest BCUT2D eigenvalue weighted by molar-refractivity contribution is 5.89. The van der Waals surface area contributed by atoms with E-state index in [0.29, 0.717) is 38.1 Å². The molecule has 12 heteroatoms. The number of amides is 2. The first-order valence-electron chi connectivity index (χ1n) is 14.0. The Labute approximate surface area is 234 Å². The Bertz CT molecular complexity index is 1170. The second-order valence-electron chi connectivity index (χ2n) is 10.6. The van der Waals surface area contributed by atoms with Crippen molar-refractivity contribution in [3.63, 3.8) is 0 Å². The Kier molecular flexibility index (Phi) is 8.98. The zero-order chi connectivity index (χ0) is 28.1. The van der Waals surface area contributed by atoms with E-state index >= 15 is 0 Å². The van der Waals surface area contributed by atoms with E-state index in [4.69, 9.17) is 24.3 Å². The fourth-order valence-corrected chi connectivity index (χ4v) is 5.17. The number of carbonyl (C=O) groups is 2. The van der Waals surface area contributed by atoms with E-state index in [2.05, 4.69) is 39.5 Å². The normalized spacial score (nSPS) is 21.4. The molecule has 1 unspecified atom stereocenters. The van der Waals surface area contributed by atoms with Crippen molar-refractivity contribution in [2.75, 3.05) is 49.6 Å². The first-order chi connectivity index (χ1) is 19.4. The van der Waals surface area contributed by atoms with Crippen LogP contribution < -0.4 is 10.2 Å². The molecule has 0 aliphatic carbocycles. The lowest BCUT2D eigenvalue weighted by Crippen LogP contribution is -2.47. The van der Waals surface area contributed by atoms with Crippen LogP contribution >= 0.6 is 0 Å². The van der Waals surface area contributed by atoms with Crippen molar-refractivity contribution in [3.8, 4) is 0 Å². The number of carboxylic acid groups (broad SMARTS) is 1. The van der Waals surface area contributed by atoms with E-state index in [9.17, 15) is 9.59 Å². The summed E-state index contributed by atoms with van der Waals surface area (Å²) >= 11 is 0. The van der Waals surface area contributed by atoms with Crippen LogP contribution in [0.4, 0.5) is 21.4 Å². The highest BCUT2D eigenvalue weighted by Gasteiger charge is 2.33. The Morgan fingerprint density at radius 3 is 2.65 bits per heavy atom. The van der Waals surface area contributed by atoms with Gasteiger partial charge in [0.2, 0.25) is 5.95 Å². The number of anilines is 2. The third kappa shape index (κ3) is 6.80. The second kappa shape index (κ2) is 12.8. The lowest BCUT2D eigenvalue weighted by molar-refractivity contribution is -0.164. The van der Waals surface area contributed by atoms with Crippen LogP contribution in [0.1, 0.15) is 55.8 Å². The molecule has 0 spiro atoms. The van der Waals surface area contributed by atoms with Gasteiger partial charge in [-0.25, -0.2) is 14.6 Å². The molecule has 2 aromatic rings. The van der Waals surface area contributed by atoms with E-state index < -0.39 is 12.2 Å².